The lowest BCUT2D eigenvalue weighted by molar-refractivity contribution is 0.0944. The van der Waals surface area contributed by atoms with Gasteiger partial charge in [0.05, 0.1) is 5.56 Å². The Hall–Kier alpha value is -2.47. The number of aromatic amines is 1. The summed E-state index contributed by atoms with van der Waals surface area (Å²) >= 11 is 6.08. The number of benzene rings is 2. The summed E-state index contributed by atoms with van der Waals surface area (Å²) in [5.74, 6) is -5.23. The van der Waals surface area contributed by atoms with Gasteiger partial charge in [-0.15, -0.1) is 0 Å². The van der Waals surface area contributed by atoms with E-state index in [1.807, 2.05) is 18.3 Å². The standard InChI is InChI=1S/C19H14ClF3N2O/c20-10-1-4-15-12(7-10)13(8-24-15)19(5-6-19)9-25-18(26)11-2-3-14(21)17(23)16(11)22/h1-4,7-8,24H,5-6,9H2,(H,25,26). The summed E-state index contributed by atoms with van der Waals surface area (Å²) < 4.78 is 40.1. The van der Waals surface area contributed by atoms with Crippen molar-refractivity contribution in [2.24, 2.45) is 0 Å². The largest absolute Gasteiger partial charge is 0.361 e. The number of rotatable bonds is 4. The zero-order valence-corrected chi connectivity index (χ0v) is 14.3. The van der Waals surface area contributed by atoms with Gasteiger partial charge in [0, 0.05) is 34.1 Å². The molecule has 0 spiro atoms. The molecule has 2 aromatic carbocycles. The Morgan fingerprint density at radius 2 is 1.92 bits per heavy atom. The number of amides is 1. The third-order valence-electron chi connectivity index (χ3n) is 4.94. The molecule has 0 unspecified atom stereocenters. The Morgan fingerprint density at radius 3 is 2.65 bits per heavy atom. The number of carbonyl (C=O) groups is 1. The number of H-pyrrole nitrogens is 1. The van der Waals surface area contributed by atoms with Crippen LogP contribution in [0.2, 0.25) is 5.02 Å². The van der Waals surface area contributed by atoms with Gasteiger partial charge in [-0.3, -0.25) is 4.79 Å². The molecule has 26 heavy (non-hydrogen) atoms. The van der Waals surface area contributed by atoms with Crippen molar-refractivity contribution in [3.05, 3.63) is 70.1 Å². The molecule has 0 saturated heterocycles. The van der Waals surface area contributed by atoms with Gasteiger partial charge in [0.2, 0.25) is 0 Å². The van der Waals surface area contributed by atoms with Crippen LogP contribution in [0, 0.1) is 17.5 Å². The third-order valence-corrected chi connectivity index (χ3v) is 5.17. The molecule has 134 valence electrons. The Balaban J connectivity index is 1.57. The van der Waals surface area contributed by atoms with Gasteiger partial charge in [-0.2, -0.15) is 0 Å². The zero-order valence-electron chi connectivity index (χ0n) is 13.5. The van der Waals surface area contributed by atoms with Gasteiger partial charge < -0.3 is 10.3 Å². The van der Waals surface area contributed by atoms with E-state index in [1.165, 1.54) is 0 Å². The highest BCUT2D eigenvalue weighted by Gasteiger charge is 2.46. The molecule has 0 bridgehead atoms. The molecule has 0 atom stereocenters. The van der Waals surface area contributed by atoms with E-state index in [0.717, 1.165) is 41.4 Å². The third kappa shape index (κ3) is 2.74. The monoisotopic (exact) mass is 378 g/mol. The second kappa shape index (κ2) is 6.06. The first kappa shape index (κ1) is 17.0. The van der Waals surface area contributed by atoms with Crippen LogP contribution in [0.1, 0.15) is 28.8 Å². The van der Waals surface area contributed by atoms with Crippen LogP contribution in [0.5, 0.6) is 0 Å². The smallest absolute Gasteiger partial charge is 0.254 e. The van der Waals surface area contributed by atoms with Crippen molar-refractivity contribution >= 4 is 28.4 Å². The number of fused-ring (bicyclic) bond motifs is 1. The van der Waals surface area contributed by atoms with Crippen LogP contribution in [0.25, 0.3) is 10.9 Å². The fourth-order valence-electron chi connectivity index (χ4n) is 3.27. The van der Waals surface area contributed by atoms with Crippen LogP contribution >= 0.6 is 11.6 Å². The molecule has 1 saturated carbocycles. The average molecular weight is 379 g/mol. The highest BCUT2D eigenvalue weighted by atomic mass is 35.5. The summed E-state index contributed by atoms with van der Waals surface area (Å²) in [4.78, 5) is 15.4. The Bertz CT molecular complexity index is 1030. The molecule has 4 rings (SSSR count). The SMILES string of the molecule is O=C(NCC1(c2c[nH]c3ccc(Cl)cc23)CC1)c1ccc(F)c(F)c1F. The molecule has 1 heterocycles. The van der Waals surface area contributed by atoms with E-state index in [-0.39, 0.29) is 12.0 Å². The fraction of sp³-hybridized carbons (Fsp3) is 0.211. The second-order valence-electron chi connectivity index (χ2n) is 6.58. The minimum atomic E-state index is -1.65. The molecule has 0 aliphatic heterocycles. The first-order valence-corrected chi connectivity index (χ1v) is 8.48. The van der Waals surface area contributed by atoms with Crippen LogP contribution in [0.3, 0.4) is 0 Å². The van der Waals surface area contributed by atoms with Crippen LogP contribution in [0.15, 0.2) is 36.5 Å². The maximum atomic E-state index is 13.8. The highest BCUT2D eigenvalue weighted by molar-refractivity contribution is 6.31. The lowest BCUT2D eigenvalue weighted by Gasteiger charge is -2.16. The zero-order chi connectivity index (χ0) is 18.5. The van der Waals surface area contributed by atoms with Crippen LogP contribution in [-0.2, 0) is 5.41 Å². The van der Waals surface area contributed by atoms with Crippen molar-refractivity contribution in [3.63, 3.8) is 0 Å². The van der Waals surface area contributed by atoms with Crippen molar-refractivity contribution in [2.45, 2.75) is 18.3 Å². The van der Waals surface area contributed by atoms with Crippen molar-refractivity contribution < 1.29 is 18.0 Å². The number of hydrogen-bond donors (Lipinski definition) is 2. The maximum Gasteiger partial charge on any atom is 0.254 e. The number of aromatic nitrogens is 1. The Labute approximate surface area is 152 Å². The van der Waals surface area contributed by atoms with Crippen molar-refractivity contribution in [1.29, 1.82) is 0 Å². The molecule has 1 aliphatic carbocycles. The number of hydrogen-bond acceptors (Lipinski definition) is 1. The minimum Gasteiger partial charge on any atom is -0.361 e. The molecule has 3 aromatic rings. The van der Waals surface area contributed by atoms with E-state index in [1.54, 1.807) is 6.07 Å². The number of nitrogens with one attached hydrogen (secondary N) is 2. The maximum absolute atomic E-state index is 13.8. The molecular weight excluding hydrogens is 365 g/mol. The Morgan fingerprint density at radius 1 is 1.15 bits per heavy atom. The molecule has 3 nitrogen and oxygen atoms in total. The fourth-order valence-corrected chi connectivity index (χ4v) is 3.44. The van der Waals surface area contributed by atoms with E-state index >= 15 is 0 Å². The first-order valence-electron chi connectivity index (χ1n) is 8.10. The summed E-state index contributed by atoms with van der Waals surface area (Å²) in [5, 5.41) is 4.23. The molecule has 1 aromatic heterocycles. The van der Waals surface area contributed by atoms with Crippen LogP contribution in [-0.4, -0.2) is 17.4 Å². The summed E-state index contributed by atoms with van der Waals surface area (Å²) in [6.45, 7) is 0.268. The van der Waals surface area contributed by atoms with E-state index in [4.69, 9.17) is 11.6 Å². The summed E-state index contributed by atoms with van der Waals surface area (Å²) in [5.41, 5.74) is 1.18. The van der Waals surface area contributed by atoms with Crippen LogP contribution < -0.4 is 5.32 Å². The molecule has 7 heteroatoms. The van der Waals surface area contributed by atoms with Gasteiger partial charge >= 0.3 is 0 Å². The molecule has 2 N–H and O–H groups in total. The molecule has 1 fully saturated rings. The second-order valence-corrected chi connectivity index (χ2v) is 7.01. The van der Waals surface area contributed by atoms with Gasteiger partial charge in [-0.05, 0) is 48.7 Å². The summed E-state index contributed by atoms with van der Waals surface area (Å²) in [6, 6.07) is 7.21. The molecule has 0 radical (unpaired) electrons. The van der Waals surface area contributed by atoms with Gasteiger partial charge in [-0.25, -0.2) is 13.2 Å². The van der Waals surface area contributed by atoms with Gasteiger partial charge in [0.25, 0.3) is 5.91 Å². The molecule has 1 aliphatic rings. The van der Waals surface area contributed by atoms with E-state index in [0.29, 0.717) is 5.02 Å². The highest BCUT2D eigenvalue weighted by Crippen LogP contribution is 2.50. The van der Waals surface area contributed by atoms with Crippen molar-refractivity contribution in [1.82, 2.24) is 10.3 Å². The quantitative estimate of drug-likeness (QED) is 0.635. The van der Waals surface area contributed by atoms with Gasteiger partial charge in [0.1, 0.15) is 0 Å². The Kier molecular flexibility index (Phi) is 3.95. The molecular formula is C19H14ClF3N2O. The van der Waals surface area contributed by atoms with Crippen molar-refractivity contribution in [2.75, 3.05) is 6.54 Å². The predicted molar refractivity (Wildman–Crippen MR) is 92.9 cm³/mol. The molecule has 1 amide bonds. The lowest BCUT2D eigenvalue weighted by Crippen LogP contribution is -2.33. The van der Waals surface area contributed by atoms with E-state index < -0.39 is 28.9 Å². The van der Waals surface area contributed by atoms with E-state index in [9.17, 15) is 18.0 Å². The average Bonchev–Trinajstić information content (AvgIpc) is 3.29. The van der Waals surface area contributed by atoms with E-state index in [2.05, 4.69) is 10.3 Å². The summed E-state index contributed by atoms with van der Waals surface area (Å²) in [7, 11) is 0. The predicted octanol–water partition coefficient (Wildman–Crippen LogP) is 4.70. The topological polar surface area (TPSA) is 44.9 Å². The van der Waals surface area contributed by atoms with Gasteiger partial charge in [0.15, 0.2) is 17.5 Å². The minimum absolute atomic E-state index is 0.268. The lowest BCUT2D eigenvalue weighted by atomic mass is 9.95. The van der Waals surface area contributed by atoms with Crippen molar-refractivity contribution in [3.8, 4) is 0 Å². The normalized spacial score (nSPS) is 15.2. The first-order chi connectivity index (χ1) is 12.4. The summed E-state index contributed by atoms with van der Waals surface area (Å²) in [6.07, 6.45) is 3.60. The number of carbonyl (C=O) groups excluding carboxylic acids is 1. The van der Waals surface area contributed by atoms with Gasteiger partial charge in [-0.1, -0.05) is 11.6 Å². The number of halogens is 4. The van der Waals surface area contributed by atoms with Crippen LogP contribution in [0.4, 0.5) is 13.2 Å².